The van der Waals surface area contributed by atoms with Crippen molar-refractivity contribution >= 4 is 16.9 Å². The number of morpholine rings is 1. The maximum absolute atomic E-state index is 13.6. The second-order valence-corrected chi connectivity index (χ2v) is 8.14. The molecule has 0 aliphatic carbocycles. The summed E-state index contributed by atoms with van der Waals surface area (Å²) in [5.41, 5.74) is 1.36. The largest absolute Gasteiger partial charge is 0.493 e. The van der Waals surface area contributed by atoms with Crippen molar-refractivity contribution in [3.8, 4) is 11.5 Å². The normalized spacial score (nSPS) is 18.5. The number of benzene rings is 2. The maximum Gasteiger partial charge on any atom is 0.290 e. The lowest BCUT2D eigenvalue weighted by molar-refractivity contribution is 0.0314. The molecule has 0 unspecified atom stereocenters. The molecule has 0 bridgehead atoms. The fraction of sp³-hybridized carbons (Fsp3) is 0.360. The Hall–Kier alpha value is -3.36. The van der Waals surface area contributed by atoms with Gasteiger partial charge in [0, 0.05) is 26.2 Å². The Morgan fingerprint density at radius 3 is 2.48 bits per heavy atom. The molecular formula is C25H26N2O6. The lowest BCUT2D eigenvalue weighted by atomic mass is 9.98. The van der Waals surface area contributed by atoms with Crippen LogP contribution in [0, 0.1) is 0 Å². The predicted octanol–water partition coefficient (Wildman–Crippen LogP) is 2.69. The van der Waals surface area contributed by atoms with Crippen molar-refractivity contribution in [3.63, 3.8) is 0 Å². The Bertz CT molecular complexity index is 1250. The van der Waals surface area contributed by atoms with Gasteiger partial charge in [0.2, 0.25) is 5.76 Å². The number of hydrogen-bond donors (Lipinski definition) is 0. The van der Waals surface area contributed by atoms with Crippen LogP contribution in [0.15, 0.2) is 51.7 Å². The summed E-state index contributed by atoms with van der Waals surface area (Å²) in [6.45, 7) is 4.13. The molecule has 1 aromatic heterocycles. The van der Waals surface area contributed by atoms with Crippen molar-refractivity contribution in [1.82, 2.24) is 9.80 Å². The van der Waals surface area contributed by atoms with Crippen LogP contribution in [0.2, 0.25) is 0 Å². The minimum atomic E-state index is -0.575. The lowest BCUT2D eigenvalue weighted by Gasteiger charge is -2.31. The van der Waals surface area contributed by atoms with Gasteiger partial charge in [0.25, 0.3) is 5.91 Å². The molecule has 0 N–H and O–H groups in total. The summed E-state index contributed by atoms with van der Waals surface area (Å²) in [6.07, 6.45) is 0. The number of fused-ring (bicyclic) bond motifs is 2. The SMILES string of the molecule is COc1ccc([C@H]2c3c(oc4ccccc4c3=O)C(=O)N2CCN2CCOCC2)cc1OC. The molecule has 8 heteroatoms. The van der Waals surface area contributed by atoms with E-state index in [2.05, 4.69) is 4.90 Å². The van der Waals surface area contributed by atoms with Gasteiger partial charge in [-0.05, 0) is 29.8 Å². The third-order valence-corrected chi connectivity index (χ3v) is 6.36. The standard InChI is InChI=1S/C25H26N2O6/c1-30-19-8-7-16(15-20(19)31-2)22-21-23(28)17-5-3-4-6-18(17)33-24(21)25(29)27(22)10-9-26-11-13-32-14-12-26/h3-8,15,22H,9-14H2,1-2H3/t22-/m0/s1. The third-order valence-electron chi connectivity index (χ3n) is 6.36. The zero-order valence-corrected chi connectivity index (χ0v) is 18.7. The van der Waals surface area contributed by atoms with Gasteiger partial charge in [0.1, 0.15) is 5.58 Å². The van der Waals surface area contributed by atoms with Crippen LogP contribution in [-0.4, -0.2) is 69.3 Å². The molecule has 1 amide bonds. The second-order valence-electron chi connectivity index (χ2n) is 8.14. The summed E-state index contributed by atoms with van der Waals surface area (Å²) >= 11 is 0. The summed E-state index contributed by atoms with van der Waals surface area (Å²) in [6, 6.07) is 11.9. The second kappa shape index (κ2) is 8.88. The van der Waals surface area contributed by atoms with E-state index >= 15 is 0 Å². The van der Waals surface area contributed by atoms with Crippen molar-refractivity contribution < 1.29 is 23.4 Å². The number of ether oxygens (including phenoxy) is 3. The van der Waals surface area contributed by atoms with Gasteiger partial charge in [-0.15, -0.1) is 0 Å². The highest BCUT2D eigenvalue weighted by molar-refractivity contribution is 5.99. The van der Waals surface area contributed by atoms with E-state index in [0.29, 0.717) is 54.3 Å². The average Bonchev–Trinajstić information content (AvgIpc) is 3.14. The van der Waals surface area contributed by atoms with Crippen LogP contribution in [-0.2, 0) is 4.74 Å². The first-order valence-electron chi connectivity index (χ1n) is 11.0. The molecule has 2 aliphatic rings. The Morgan fingerprint density at radius 1 is 0.970 bits per heavy atom. The first kappa shape index (κ1) is 21.5. The molecular weight excluding hydrogens is 424 g/mol. The monoisotopic (exact) mass is 450 g/mol. The van der Waals surface area contributed by atoms with Crippen LogP contribution >= 0.6 is 0 Å². The van der Waals surface area contributed by atoms with Gasteiger partial charge in [-0.1, -0.05) is 18.2 Å². The van der Waals surface area contributed by atoms with Crippen LogP contribution < -0.4 is 14.9 Å². The van der Waals surface area contributed by atoms with Crippen LogP contribution in [0.1, 0.15) is 27.7 Å². The molecule has 2 aliphatic heterocycles. The highest BCUT2D eigenvalue weighted by Gasteiger charge is 2.43. The van der Waals surface area contributed by atoms with Crippen LogP contribution in [0.4, 0.5) is 0 Å². The number of methoxy groups -OCH3 is 2. The first-order valence-corrected chi connectivity index (χ1v) is 11.0. The summed E-state index contributed by atoms with van der Waals surface area (Å²) in [4.78, 5) is 31.1. The molecule has 1 fully saturated rings. The molecule has 1 saturated heterocycles. The zero-order valence-electron chi connectivity index (χ0n) is 18.7. The molecule has 3 aromatic rings. The number of rotatable bonds is 6. The molecule has 8 nitrogen and oxygen atoms in total. The Morgan fingerprint density at radius 2 is 1.73 bits per heavy atom. The molecule has 0 radical (unpaired) electrons. The van der Waals surface area contributed by atoms with Crippen molar-refractivity contribution in [2.75, 3.05) is 53.6 Å². The van der Waals surface area contributed by atoms with Crippen molar-refractivity contribution in [3.05, 3.63) is 69.6 Å². The highest BCUT2D eigenvalue weighted by Crippen LogP contribution is 2.40. The molecule has 2 aromatic carbocycles. The van der Waals surface area contributed by atoms with Gasteiger partial charge in [0.05, 0.1) is 44.4 Å². The van der Waals surface area contributed by atoms with E-state index in [1.807, 2.05) is 12.1 Å². The number of nitrogens with zero attached hydrogens (tertiary/aromatic N) is 2. The van der Waals surface area contributed by atoms with Gasteiger partial charge in [-0.2, -0.15) is 0 Å². The third kappa shape index (κ3) is 3.75. The molecule has 33 heavy (non-hydrogen) atoms. The summed E-state index contributed by atoms with van der Waals surface area (Å²) in [5, 5.41) is 0.463. The van der Waals surface area contributed by atoms with E-state index in [-0.39, 0.29) is 17.1 Å². The van der Waals surface area contributed by atoms with E-state index in [0.717, 1.165) is 18.7 Å². The Balaban J connectivity index is 1.61. The smallest absolute Gasteiger partial charge is 0.290 e. The number of carbonyl (C=O) groups is 1. The summed E-state index contributed by atoms with van der Waals surface area (Å²) in [5.74, 6) is 0.951. The minimum absolute atomic E-state index is 0.112. The number of hydrogen-bond acceptors (Lipinski definition) is 7. The zero-order chi connectivity index (χ0) is 22.9. The summed E-state index contributed by atoms with van der Waals surface area (Å²) in [7, 11) is 3.13. The van der Waals surface area contributed by atoms with E-state index in [1.54, 1.807) is 49.5 Å². The van der Waals surface area contributed by atoms with Gasteiger partial charge in [0.15, 0.2) is 16.9 Å². The van der Waals surface area contributed by atoms with E-state index in [9.17, 15) is 9.59 Å². The van der Waals surface area contributed by atoms with Gasteiger partial charge < -0.3 is 23.5 Å². The predicted molar refractivity (Wildman–Crippen MR) is 122 cm³/mol. The van der Waals surface area contributed by atoms with E-state index in [1.165, 1.54) is 0 Å². The van der Waals surface area contributed by atoms with Crippen LogP contribution in [0.3, 0.4) is 0 Å². The van der Waals surface area contributed by atoms with E-state index < -0.39 is 6.04 Å². The summed E-state index contributed by atoms with van der Waals surface area (Å²) < 4.78 is 22.3. The van der Waals surface area contributed by atoms with Crippen molar-refractivity contribution in [2.45, 2.75) is 6.04 Å². The molecule has 0 spiro atoms. The molecule has 172 valence electrons. The maximum atomic E-state index is 13.6. The quantitative estimate of drug-likeness (QED) is 0.571. The number of amides is 1. The van der Waals surface area contributed by atoms with Crippen molar-refractivity contribution in [1.29, 1.82) is 0 Å². The first-order chi connectivity index (χ1) is 16.1. The number of carbonyl (C=O) groups excluding carboxylic acids is 1. The fourth-order valence-electron chi connectivity index (χ4n) is 4.64. The Kier molecular flexibility index (Phi) is 5.78. The van der Waals surface area contributed by atoms with Crippen LogP contribution in [0.25, 0.3) is 11.0 Å². The molecule has 5 rings (SSSR count). The van der Waals surface area contributed by atoms with Gasteiger partial charge in [-0.3, -0.25) is 14.5 Å². The van der Waals surface area contributed by atoms with Gasteiger partial charge in [-0.25, -0.2) is 0 Å². The average molecular weight is 450 g/mol. The van der Waals surface area contributed by atoms with Crippen LogP contribution in [0.5, 0.6) is 11.5 Å². The van der Waals surface area contributed by atoms with Crippen molar-refractivity contribution in [2.24, 2.45) is 0 Å². The topological polar surface area (TPSA) is 81.5 Å². The Labute approximate surface area is 191 Å². The number of para-hydroxylation sites is 1. The fourth-order valence-corrected chi connectivity index (χ4v) is 4.64. The highest BCUT2D eigenvalue weighted by atomic mass is 16.5. The lowest BCUT2D eigenvalue weighted by Crippen LogP contribution is -2.42. The van der Waals surface area contributed by atoms with Gasteiger partial charge >= 0.3 is 0 Å². The molecule has 0 saturated carbocycles. The minimum Gasteiger partial charge on any atom is -0.493 e. The van der Waals surface area contributed by atoms with E-state index in [4.69, 9.17) is 18.6 Å². The molecule has 1 atom stereocenters. The molecule has 3 heterocycles.